The van der Waals surface area contributed by atoms with Crippen LogP contribution in [-0.4, -0.2) is 11.4 Å². The fourth-order valence-corrected chi connectivity index (χ4v) is 2.89. The second-order valence-electron chi connectivity index (χ2n) is 5.13. The molecule has 1 saturated carbocycles. The first-order valence-corrected chi connectivity index (χ1v) is 7.22. The van der Waals surface area contributed by atoms with Gasteiger partial charge in [0.05, 0.1) is 5.69 Å². The van der Waals surface area contributed by atoms with Crippen LogP contribution in [0.2, 0.25) is 0 Å². The number of nitrogens with two attached hydrogens (primary N) is 1. The Morgan fingerprint density at radius 3 is 2.61 bits per heavy atom. The maximum Gasteiger partial charge on any atom is 0.226 e. The number of rotatable bonds is 3. The fraction of sp³-hybridized carbons (Fsp3) is 0.500. The molecule has 98 valence electrons. The van der Waals surface area contributed by atoms with Crippen molar-refractivity contribution in [2.24, 2.45) is 5.73 Å². The lowest BCUT2D eigenvalue weighted by atomic mass is 9.80. The number of benzene rings is 1. The van der Waals surface area contributed by atoms with Crippen LogP contribution in [0.1, 0.15) is 38.5 Å². The van der Waals surface area contributed by atoms with Gasteiger partial charge < -0.3 is 11.1 Å². The first kappa shape index (κ1) is 13.6. The fourth-order valence-electron chi connectivity index (χ4n) is 2.51. The van der Waals surface area contributed by atoms with Gasteiger partial charge >= 0.3 is 0 Å². The number of hydrogen-bond donors (Lipinski definition) is 2. The third-order valence-corrected chi connectivity index (χ3v) is 4.20. The van der Waals surface area contributed by atoms with E-state index in [1.54, 1.807) is 0 Å². The smallest absolute Gasteiger partial charge is 0.226 e. The first-order valence-electron chi connectivity index (χ1n) is 6.42. The third kappa shape index (κ3) is 3.56. The van der Waals surface area contributed by atoms with Crippen molar-refractivity contribution < 1.29 is 4.79 Å². The SMILES string of the molecule is NC1(CC(=O)Nc2ccccc2Br)CCCCC1. The summed E-state index contributed by atoms with van der Waals surface area (Å²) >= 11 is 3.42. The molecule has 1 aliphatic rings. The molecule has 1 amide bonds. The van der Waals surface area contributed by atoms with Crippen molar-refractivity contribution in [3.8, 4) is 0 Å². The molecule has 1 aromatic carbocycles. The van der Waals surface area contributed by atoms with E-state index in [0.717, 1.165) is 35.8 Å². The molecule has 0 spiro atoms. The van der Waals surface area contributed by atoms with E-state index in [1.807, 2.05) is 24.3 Å². The normalized spacial score (nSPS) is 18.3. The molecule has 0 atom stereocenters. The number of nitrogens with one attached hydrogen (secondary N) is 1. The zero-order valence-corrected chi connectivity index (χ0v) is 12.0. The van der Waals surface area contributed by atoms with Crippen molar-refractivity contribution in [3.63, 3.8) is 0 Å². The Labute approximate surface area is 116 Å². The number of para-hydroxylation sites is 1. The maximum absolute atomic E-state index is 12.0. The van der Waals surface area contributed by atoms with Gasteiger partial charge in [-0.25, -0.2) is 0 Å². The minimum absolute atomic E-state index is 0.00583. The van der Waals surface area contributed by atoms with E-state index in [1.165, 1.54) is 6.42 Å². The summed E-state index contributed by atoms with van der Waals surface area (Å²) < 4.78 is 0.896. The molecule has 3 N–H and O–H groups in total. The zero-order valence-electron chi connectivity index (χ0n) is 10.4. The monoisotopic (exact) mass is 310 g/mol. The Hall–Kier alpha value is -0.870. The molecule has 1 fully saturated rings. The van der Waals surface area contributed by atoms with E-state index < -0.39 is 0 Å². The summed E-state index contributed by atoms with van der Waals surface area (Å²) in [5.41, 5.74) is 6.78. The molecule has 0 unspecified atom stereocenters. The number of hydrogen-bond acceptors (Lipinski definition) is 2. The predicted octanol–water partition coefficient (Wildman–Crippen LogP) is 3.44. The average Bonchev–Trinajstić information content (AvgIpc) is 2.32. The van der Waals surface area contributed by atoms with E-state index in [2.05, 4.69) is 21.2 Å². The zero-order chi connectivity index (χ0) is 13.0. The van der Waals surface area contributed by atoms with Crippen molar-refractivity contribution >= 4 is 27.5 Å². The van der Waals surface area contributed by atoms with Crippen LogP contribution in [0.4, 0.5) is 5.69 Å². The summed E-state index contributed by atoms with van der Waals surface area (Å²) in [5.74, 6) is 0.00583. The van der Waals surface area contributed by atoms with Crippen LogP contribution in [0.5, 0.6) is 0 Å². The van der Waals surface area contributed by atoms with Crippen LogP contribution in [0.15, 0.2) is 28.7 Å². The van der Waals surface area contributed by atoms with Crippen molar-refractivity contribution in [1.29, 1.82) is 0 Å². The lowest BCUT2D eigenvalue weighted by molar-refractivity contribution is -0.117. The van der Waals surface area contributed by atoms with Gasteiger partial charge in [-0.1, -0.05) is 31.4 Å². The maximum atomic E-state index is 12.0. The number of amides is 1. The van der Waals surface area contributed by atoms with Crippen molar-refractivity contribution in [3.05, 3.63) is 28.7 Å². The third-order valence-electron chi connectivity index (χ3n) is 3.51. The predicted molar refractivity (Wildman–Crippen MR) is 77.4 cm³/mol. The van der Waals surface area contributed by atoms with Crippen LogP contribution >= 0.6 is 15.9 Å². The molecule has 0 aromatic heterocycles. The van der Waals surface area contributed by atoms with Gasteiger partial charge in [0, 0.05) is 16.4 Å². The molecular weight excluding hydrogens is 292 g/mol. The summed E-state index contributed by atoms with van der Waals surface area (Å²) in [7, 11) is 0. The minimum Gasteiger partial charge on any atom is -0.325 e. The minimum atomic E-state index is -0.302. The van der Waals surface area contributed by atoms with Gasteiger partial charge in [0.1, 0.15) is 0 Å². The average molecular weight is 311 g/mol. The molecule has 1 aliphatic carbocycles. The van der Waals surface area contributed by atoms with Gasteiger partial charge in [-0.15, -0.1) is 0 Å². The summed E-state index contributed by atoms with van der Waals surface area (Å²) in [6, 6.07) is 7.62. The van der Waals surface area contributed by atoms with Crippen LogP contribution < -0.4 is 11.1 Å². The molecule has 3 nitrogen and oxygen atoms in total. The Morgan fingerprint density at radius 2 is 1.94 bits per heavy atom. The van der Waals surface area contributed by atoms with Crippen molar-refractivity contribution in [2.45, 2.75) is 44.1 Å². The number of carbonyl (C=O) groups excluding carboxylic acids is 1. The van der Waals surface area contributed by atoms with E-state index in [-0.39, 0.29) is 11.4 Å². The lowest BCUT2D eigenvalue weighted by Gasteiger charge is -2.32. The number of anilines is 1. The highest BCUT2D eigenvalue weighted by atomic mass is 79.9. The van der Waals surface area contributed by atoms with E-state index in [4.69, 9.17) is 5.73 Å². The van der Waals surface area contributed by atoms with E-state index in [0.29, 0.717) is 6.42 Å². The topological polar surface area (TPSA) is 55.1 Å². The van der Waals surface area contributed by atoms with Crippen LogP contribution in [0, 0.1) is 0 Å². The quantitative estimate of drug-likeness (QED) is 0.898. The summed E-state index contributed by atoms with van der Waals surface area (Å²) in [6.07, 6.45) is 5.84. The number of carbonyl (C=O) groups is 1. The summed E-state index contributed by atoms with van der Waals surface area (Å²) in [6.45, 7) is 0. The van der Waals surface area contributed by atoms with E-state index >= 15 is 0 Å². The molecule has 18 heavy (non-hydrogen) atoms. The van der Waals surface area contributed by atoms with Crippen LogP contribution in [-0.2, 0) is 4.79 Å². The second-order valence-corrected chi connectivity index (χ2v) is 5.98. The standard InChI is InChI=1S/C14H19BrN2O/c15-11-6-2-3-7-12(11)17-13(18)10-14(16)8-4-1-5-9-14/h2-3,6-7H,1,4-5,8-10,16H2,(H,17,18). The Bertz CT molecular complexity index is 428. The molecule has 2 rings (SSSR count). The molecule has 0 bridgehead atoms. The molecule has 0 radical (unpaired) electrons. The van der Waals surface area contributed by atoms with Gasteiger partial charge in [-0.05, 0) is 40.9 Å². The van der Waals surface area contributed by atoms with Crippen LogP contribution in [0.3, 0.4) is 0 Å². The highest BCUT2D eigenvalue weighted by Gasteiger charge is 2.30. The molecule has 0 heterocycles. The number of halogens is 1. The first-order chi connectivity index (χ1) is 8.59. The van der Waals surface area contributed by atoms with E-state index in [9.17, 15) is 4.79 Å². The van der Waals surface area contributed by atoms with Crippen LogP contribution in [0.25, 0.3) is 0 Å². The molecule has 4 heteroatoms. The van der Waals surface area contributed by atoms with Gasteiger partial charge in [-0.3, -0.25) is 4.79 Å². The lowest BCUT2D eigenvalue weighted by Crippen LogP contribution is -2.44. The Morgan fingerprint density at radius 1 is 1.28 bits per heavy atom. The Balaban J connectivity index is 1.94. The Kier molecular flexibility index (Phi) is 4.40. The van der Waals surface area contributed by atoms with Gasteiger partial charge in [0.25, 0.3) is 0 Å². The highest BCUT2D eigenvalue weighted by molar-refractivity contribution is 9.10. The van der Waals surface area contributed by atoms with Crippen molar-refractivity contribution in [1.82, 2.24) is 0 Å². The summed E-state index contributed by atoms with van der Waals surface area (Å²) in [5, 5.41) is 2.92. The molecule has 1 aromatic rings. The second kappa shape index (κ2) is 5.85. The molecular formula is C14H19BrN2O. The molecule has 0 saturated heterocycles. The highest BCUT2D eigenvalue weighted by Crippen LogP contribution is 2.29. The summed E-state index contributed by atoms with van der Waals surface area (Å²) in [4.78, 5) is 12.0. The van der Waals surface area contributed by atoms with Gasteiger partial charge in [-0.2, -0.15) is 0 Å². The van der Waals surface area contributed by atoms with Crippen molar-refractivity contribution in [2.75, 3.05) is 5.32 Å². The molecule has 0 aliphatic heterocycles. The largest absolute Gasteiger partial charge is 0.325 e. The van der Waals surface area contributed by atoms with Gasteiger partial charge in [0.2, 0.25) is 5.91 Å². The van der Waals surface area contributed by atoms with Gasteiger partial charge in [0.15, 0.2) is 0 Å².